The van der Waals surface area contributed by atoms with E-state index in [1.165, 1.54) is 14.2 Å². The number of nitrogens with zero attached hydrogens (tertiary/aromatic N) is 4. The van der Waals surface area contributed by atoms with E-state index < -0.39 is 11.3 Å². The van der Waals surface area contributed by atoms with E-state index >= 15 is 0 Å². The van der Waals surface area contributed by atoms with Crippen molar-refractivity contribution in [2.75, 3.05) is 49.8 Å². The summed E-state index contributed by atoms with van der Waals surface area (Å²) >= 11 is -2.79. The molecule has 12 heteroatoms. The minimum atomic E-state index is -2.79. The number of nitrogens with one attached hydrogen (secondary N) is 2. The van der Waals surface area contributed by atoms with Crippen molar-refractivity contribution >= 4 is 56.9 Å². The number of methoxy groups -OCH3 is 2. The second-order valence-corrected chi connectivity index (χ2v) is 9.93. The van der Waals surface area contributed by atoms with Crippen LogP contribution < -0.4 is 24.4 Å². The summed E-state index contributed by atoms with van der Waals surface area (Å²) in [6.45, 7) is 0.784. The van der Waals surface area contributed by atoms with E-state index in [2.05, 4.69) is 20.6 Å². The lowest BCUT2D eigenvalue weighted by atomic mass is 10.2. The van der Waals surface area contributed by atoms with Gasteiger partial charge in [-0.25, -0.2) is 9.97 Å². The monoisotopic (exact) mass is 563 g/mol. The molecule has 0 radical (unpaired) electrons. The number of hydrogen-bond acceptors (Lipinski definition) is 9. The summed E-state index contributed by atoms with van der Waals surface area (Å²) in [6, 6.07) is 18.9. The molecule has 1 aromatic heterocycles. The molecule has 0 spiro atoms. The summed E-state index contributed by atoms with van der Waals surface area (Å²) in [5, 5.41) is 6.02. The summed E-state index contributed by atoms with van der Waals surface area (Å²) < 4.78 is 37.1. The molecule has 1 unspecified atom stereocenters. The van der Waals surface area contributed by atoms with Crippen LogP contribution in [0, 0.1) is 0 Å². The van der Waals surface area contributed by atoms with Gasteiger partial charge >= 0.3 is 0 Å². The number of para-hydroxylation sites is 2. The first-order valence-corrected chi connectivity index (χ1v) is 13.5. The first-order chi connectivity index (χ1) is 19.3. The van der Waals surface area contributed by atoms with Crippen molar-refractivity contribution in [2.45, 2.75) is 12.8 Å². The second-order valence-electron chi connectivity index (χ2n) is 9.13. The molecule has 11 nitrogen and oxygen atoms in total. The van der Waals surface area contributed by atoms with Crippen LogP contribution in [0.1, 0.15) is 12.8 Å². The Morgan fingerprint density at radius 3 is 2.23 bits per heavy atom. The van der Waals surface area contributed by atoms with Gasteiger partial charge in [-0.2, -0.15) is 0 Å². The predicted molar refractivity (Wildman–Crippen MR) is 156 cm³/mol. The highest BCUT2D eigenvalue weighted by Crippen LogP contribution is 2.36. The Morgan fingerprint density at radius 1 is 0.925 bits per heavy atom. The number of aromatic nitrogens is 2. The molecule has 1 atom stereocenters. The maximum atomic E-state index is 12.7. The third kappa shape index (κ3) is 7.23. The third-order valence-corrected chi connectivity index (χ3v) is 6.56. The van der Waals surface area contributed by atoms with E-state index in [4.69, 9.17) is 9.47 Å². The average Bonchev–Trinajstić information content (AvgIpc) is 2.93. The number of benzene rings is 3. The minimum Gasteiger partial charge on any atom is -0.755 e. The molecule has 40 heavy (non-hydrogen) atoms. The largest absolute Gasteiger partial charge is 0.755 e. The highest BCUT2D eigenvalue weighted by Gasteiger charge is 2.20. The molecule has 0 saturated heterocycles. The van der Waals surface area contributed by atoms with Gasteiger partial charge in [0.25, 0.3) is 0 Å². The molecule has 0 fully saturated rings. The minimum absolute atomic E-state index is 0.0447. The van der Waals surface area contributed by atoms with Crippen LogP contribution in [0.25, 0.3) is 11.0 Å². The van der Waals surface area contributed by atoms with Crippen molar-refractivity contribution in [2.24, 2.45) is 0 Å². The van der Waals surface area contributed by atoms with Crippen molar-refractivity contribution in [1.29, 1.82) is 0 Å². The van der Waals surface area contributed by atoms with Crippen molar-refractivity contribution in [3.63, 3.8) is 0 Å². The summed E-state index contributed by atoms with van der Waals surface area (Å²) in [5.74, 6) is 1.15. The molecule has 0 bridgehead atoms. The molecule has 3 aromatic carbocycles. The summed E-state index contributed by atoms with van der Waals surface area (Å²) in [7, 11) is 6.97. The molecule has 2 N–H and O–H groups in total. The van der Waals surface area contributed by atoms with Crippen molar-refractivity contribution in [3.8, 4) is 11.5 Å². The molecular weight excluding hydrogens is 532 g/mol. The Hall–Kier alpha value is -4.26. The SMILES string of the molecule is COc1cc(Nc2nc3ccccc3nc2N(c2cccc(NC(=O)CCCN(C)C)c2)S(=O)[O-])cc(OC)c1. The first-order valence-electron chi connectivity index (χ1n) is 12.5. The lowest BCUT2D eigenvalue weighted by Crippen LogP contribution is -2.23. The van der Waals surface area contributed by atoms with E-state index in [1.54, 1.807) is 60.7 Å². The molecule has 1 heterocycles. The number of anilines is 5. The molecule has 0 saturated carbocycles. The Balaban J connectivity index is 1.73. The fourth-order valence-electron chi connectivity index (χ4n) is 4.00. The number of carbonyl (C=O) groups is 1. The number of carbonyl (C=O) groups excluding carboxylic acids is 1. The zero-order chi connectivity index (χ0) is 28.6. The molecule has 210 valence electrons. The van der Waals surface area contributed by atoms with E-state index in [9.17, 15) is 13.6 Å². The Morgan fingerprint density at radius 2 is 1.60 bits per heavy atom. The number of rotatable bonds is 12. The molecule has 0 aliphatic heterocycles. The van der Waals surface area contributed by atoms with Crippen LogP contribution in [0.4, 0.5) is 28.7 Å². The van der Waals surface area contributed by atoms with Crippen LogP contribution in [0.15, 0.2) is 66.7 Å². The van der Waals surface area contributed by atoms with Gasteiger partial charge in [-0.15, -0.1) is 0 Å². The lowest BCUT2D eigenvalue weighted by Gasteiger charge is -2.27. The van der Waals surface area contributed by atoms with Crippen LogP contribution in [0.3, 0.4) is 0 Å². The zero-order valence-corrected chi connectivity index (χ0v) is 23.5. The van der Waals surface area contributed by atoms with Gasteiger partial charge in [-0.05, 0) is 57.4 Å². The highest BCUT2D eigenvalue weighted by molar-refractivity contribution is 7.81. The first kappa shape index (κ1) is 28.7. The van der Waals surface area contributed by atoms with E-state index in [0.29, 0.717) is 46.7 Å². The van der Waals surface area contributed by atoms with Gasteiger partial charge in [-0.1, -0.05) is 18.2 Å². The summed E-state index contributed by atoms with van der Waals surface area (Å²) in [6.07, 6.45) is 1.04. The van der Waals surface area contributed by atoms with Crippen LogP contribution in [0.5, 0.6) is 11.5 Å². The maximum Gasteiger partial charge on any atom is 0.224 e. The number of ether oxygens (including phenoxy) is 2. The van der Waals surface area contributed by atoms with Gasteiger partial charge in [0.1, 0.15) is 11.5 Å². The van der Waals surface area contributed by atoms with Crippen LogP contribution in [-0.4, -0.2) is 64.4 Å². The second kappa shape index (κ2) is 13.2. The molecule has 1 amide bonds. The number of hydrogen-bond donors (Lipinski definition) is 2. The van der Waals surface area contributed by atoms with Gasteiger partial charge < -0.3 is 29.6 Å². The summed E-state index contributed by atoms with van der Waals surface area (Å²) in [4.78, 5) is 23.8. The third-order valence-electron chi connectivity index (χ3n) is 5.88. The van der Waals surface area contributed by atoms with Crippen LogP contribution >= 0.6 is 0 Å². The molecule has 4 aromatic rings. The summed E-state index contributed by atoms with van der Waals surface area (Å²) in [5.41, 5.74) is 2.36. The van der Waals surface area contributed by atoms with Gasteiger partial charge in [0.05, 0.1) is 42.2 Å². The number of fused-ring (bicyclic) bond motifs is 1. The molecular formula is C28H31N6O5S-. The van der Waals surface area contributed by atoms with Crippen molar-refractivity contribution in [1.82, 2.24) is 14.9 Å². The zero-order valence-electron chi connectivity index (χ0n) is 22.7. The van der Waals surface area contributed by atoms with Crippen LogP contribution in [0.2, 0.25) is 0 Å². The quantitative estimate of drug-likeness (QED) is 0.237. The smallest absolute Gasteiger partial charge is 0.224 e. The number of amides is 1. The van der Waals surface area contributed by atoms with Crippen LogP contribution in [-0.2, 0) is 16.1 Å². The van der Waals surface area contributed by atoms with Gasteiger partial charge in [-0.3, -0.25) is 13.3 Å². The van der Waals surface area contributed by atoms with Gasteiger partial charge in [0.2, 0.25) is 5.91 Å². The highest BCUT2D eigenvalue weighted by atomic mass is 32.2. The Bertz CT molecular complexity index is 1490. The molecule has 0 aliphatic rings. The topological polar surface area (TPSA) is 132 Å². The lowest BCUT2D eigenvalue weighted by molar-refractivity contribution is -0.116. The Labute approximate surface area is 235 Å². The van der Waals surface area contributed by atoms with Gasteiger partial charge in [0.15, 0.2) is 11.6 Å². The fourth-order valence-corrected chi connectivity index (χ4v) is 4.55. The van der Waals surface area contributed by atoms with E-state index in [1.807, 2.05) is 25.1 Å². The van der Waals surface area contributed by atoms with Gasteiger partial charge in [0, 0.05) is 36.0 Å². The van der Waals surface area contributed by atoms with Crippen molar-refractivity contribution < 1.29 is 23.0 Å². The fraction of sp³-hybridized carbons (Fsp3) is 0.250. The normalized spacial score (nSPS) is 11.8. The van der Waals surface area contributed by atoms with Crippen molar-refractivity contribution in [3.05, 3.63) is 66.7 Å². The average molecular weight is 564 g/mol. The molecule has 0 aliphatic carbocycles. The van der Waals surface area contributed by atoms with E-state index in [-0.39, 0.29) is 23.2 Å². The standard InChI is InChI=1S/C28H32N6O5S/c1-33(2)14-8-13-26(35)29-19-9-7-10-21(15-19)34(40(36)37)28-27(31-24-11-5-6-12-25(24)32-28)30-20-16-22(38-3)18-23(17-20)39-4/h5-7,9-12,15-18H,8,13-14H2,1-4H3,(H,29,35)(H,30,31)(H,36,37)/p-1. The Kier molecular flexibility index (Phi) is 9.48. The predicted octanol–water partition coefficient (Wildman–Crippen LogP) is 4.60. The maximum absolute atomic E-state index is 12.7. The van der Waals surface area contributed by atoms with E-state index in [0.717, 1.165) is 10.8 Å². The molecule has 4 rings (SSSR count).